The molecule has 20 heavy (non-hydrogen) atoms. The monoisotopic (exact) mass is 275 g/mol. The van der Waals surface area contributed by atoms with Crippen molar-refractivity contribution < 1.29 is 4.79 Å². The molecular formula is C16H25N3O. The number of nitrogens with one attached hydrogen (secondary N) is 1. The Balaban J connectivity index is 2.23. The first-order valence-corrected chi connectivity index (χ1v) is 7.31. The lowest BCUT2D eigenvalue weighted by atomic mass is 9.89. The van der Waals surface area contributed by atoms with Crippen LogP contribution in [0.5, 0.6) is 0 Å². The Morgan fingerprint density at radius 1 is 1.50 bits per heavy atom. The van der Waals surface area contributed by atoms with Crippen LogP contribution in [-0.2, 0) is 11.3 Å². The highest BCUT2D eigenvalue weighted by molar-refractivity contribution is 5.82. The lowest BCUT2D eigenvalue weighted by Crippen LogP contribution is -2.37. The summed E-state index contributed by atoms with van der Waals surface area (Å²) >= 11 is 0. The van der Waals surface area contributed by atoms with E-state index in [0.717, 1.165) is 26.1 Å². The molecule has 0 aliphatic carbocycles. The number of primary amides is 1. The number of carbonyl (C=O) groups is 1. The summed E-state index contributed by atoms with van der Waals surface area (Å²) in [4.78, 5) is 13.9. The zero-order chi connectivity index (χ0) is 14.8. The van der Waals surface area contributed by atoms with Crippen molar-refractivity contribution in [2.75, 3.05) is 24.5 Å². The molecule has 0 aromatic heterocycles. The fraction of sp³-hybridized carbons (Fsp3) is 0.562. The van der Waals surface area contributed by atoms with Gasteiger partial charge in [0.1, 0.15) is 0 Å². The van der Waals surface area contributed by atoms with E-state index in [1.807, 2.05) is 6.92 Å². The van der Waals surface area contributed by atoms with Crippen LogP contribution in [0.4, 0.5) is 5.69 Å². The van der Waals surface area contributed by atoms with E-state index in [1.54, 1.807) is 0 Å². The number of nitrogens with two attached hydrogens (primary N) is 1. The molecule has 1 aliphatic rings. The van der Waals surface area contributed by atoms with E-state index in [-0.39, 0.29) is 5.91 Å². The van der Waals surface area contributed by atoms with Crippen LogP contribution in [0.15, 0.2) is 18.2 Å². The van der Waals surface area contributed by atoms with Crippen molar-refractivity contribution in [3.05, 3.63) is 29.3 Å². The van der Waals surface area contributed by atoms with Crippen LogP contribution in [0.25, 0.3) is 0 Å². The Bertz CT molecular complexity index is 500. The van der Waals surface area contributed by atoms with Crippen molar-refractivity contribution in [3.8, 4) is 0 Å². The van der Waals surface area contributed by atoms with Gasteiger partial charge in [-0.2, -0.15) is 0 Å². The van der Waals surface area contributed by atoms with Gasteiger partial charge in [-0.1, -0.05) is 24.6 Å². The highest BCUT2D eigenvalue weighted by atomic mass is 16.1. The highest BCUT2D eigenvalue weighted by Crippen LogP contribution is 2.34. The normalized spacial score (nSPS) is 22.2. The average molecular weight is 275 g/mol. The Morgan fingerprint density at radius 2 is 2.25 bits per heavy atom. The summed E-state index contributed by atoms with van der Waals surface area (Å²) in [5.41, 5.74) is 8.91. The minimum absolute atomic E-state index is 0.194. The van der Waals surface area contributed by atoms with Crippen molar-refractivity contribution in [2.45, 2.75) is 33.7 Å². The summed E-state index contributed by atoms with van der Waals surface area (Å²) in [5, 5.41) is 3.38. The molecule has 0 radical (unpaired) electrons. The van der Waals surface area contributed by atoms with Crippen LogP contribution in [0, 0.1) is 12.3 Å². The molecule has 110 valence electrons. The fourth-order valence-electron chi connectivity index (χ4n) is 2.79. The molecule has 1 amide bonds. The third-order valence-electron chi connectivity index (χ3n) is 4.21. The van der Waals surface area contributed by atoms with E-state index in [0.29, 0.717) is 6.54 Å². The lowest BCUT2D eigenvalue weighted by Gasteiger charge is -2.25. The van der Waals surface area contributed by atoms with E-state index in [1.165, 1.54) is 16.8 Å². The number of hydrogen-bond donors (Lipinski definition) is 2. The van der Waals surface area contributed by atoms with Gasteiger partial charge < -0.3 is 16.0 Å². The second-order valence-corrected chi connectivity index (χ2v) is 6.01. The molecule has 2 rings (SSSR count). The van der Waals surface area contributed by atoms with E-state index in [4.69, 9.17) is 5.73 Å². The van der Waals surface area contributed by atoms with E-state index in [2.05, 4.69) is 42.3 Å². The maximum atomic E-state index is 11.6. The van der Waals surface area contributed by atoms with Crippen molar-refractivity contribution in [1.29, 1.82) is 0 Å². The lowest BCUT2D eigenvalue weighted by molar-refractivity contribution is -0.125. The second kappa shape index (κ2) is 5.83. The molecule has 1 aromatic rings. The van der Waals surface area contributed by atoms with E-state index >= 15 is 0 Å². The minimum atomic E-state index is -0.402. The Hall–Kier alpha value is -1.55. The van der Waals surface area contributed by atoms with Gasteiger partial charge in [-0.25, -0.2) is 0 Å². The Kier molecular flexibility index (Phi) is 4.33. The molecule has 1 heterocycles. The largest absolute Gasteiger partial charge is 0.370 e. The maximum absolute atomic E-state index is 11.6. The van der Waals surface area contributed by atoms with Crippen LogP contribution in [-0.4, -0.2) is 25.5 Å². The van der Waals surface area contributed by atoms with Gasteiger partial charge in [0.05, 0.1) is 5.41 Å². The number of benzene rings is 1. The van der Waals surface area contributed by atoms with Gasteiger partial charge >= 0.3 is 0 Å². The highest BCUT2D eigenvalue weighted by Gasteiger charge is 2.39. The van der Waals surface area contributed by atoms with Gasteiger partial charge in [-0.15, -0.1) is 0 Å². The quantitative estimate of drug-likeness (QED) is 0.861. The van der Waals surface area contributed by atoms with Crippen LogP contribution in [0.2, 0.25) is 0 Å². The number of aryl methyl sites for hydroxylation is 1. The maximum Gasteiger partial charge on any atom is 0.225 e. The SMILES string of the molecule is CCNCc1cc(C)ccc1N1CCC(C)(C(N)=O)C1. The molecule has 0 spiro atoms. The van der Waals surface area contributed by atoms with E-state index in [9.17, 15) is 4.79 Å². The summed E-state index contributed by atoms with van der Waals surface area (Å²) in [6, 6.07) is 6.51. The number of nitrogens with zero attached hydrogens (tertiary/aromatic N) is 1. The van der Waals surface area contributed by atoms with Gasteiger partial charge in [0.25, 0.3) is 0 Å². The molecule has 1 aliphatic heterocycles. The van der Waals surface area contributed by atoms with Crippen molar-refractivity contribution in [1.82, 2.24) is 5.32 Å². The Labute approximate surface area is 121 Å². The number of amides is 1. The minimum Gasteiger partial charge on any atom is -0.370 e. The van der Waals surface area contributed by atoms with Gasteiger partial charge in [0.2, 0.25) is 5.91 Å². The molecule has 1 saturated heterocycles. The smallest absolute Gasteiger partial charge is 0.225 e. The first-order chi connectivity index (χ1) is 9.46. The van der Waals surface area contributed by atoms with Crippen LogP contribution >= 0.6 is 0 Å². The topological polar surface area (TPSA) is 58.4 Å². The third-order valence-corrected chi connectivity index (χ3v) is 4.21. The van der Waals surface area contributed by atoms with Gasteiger partial charge in [0.15, 0.2) is 0 Å². The van der Waals surface area contributed by atoms with Crippen molar-refractivity contribution in [2.24, 2.45) is 11.1 Å². The molecular weight excluding hydrogens is 250 g/mol. The molecule has 1 unspecified atom stereocenters. The molecule has 1 fully saturated rings. The zero-order valence-electron chi connectivity index (χ0n) is 12.7. The standard InChI is InChI=1S/C16H25N3O/c1-4-18-10-13-9-12(2)5-6-14(13)19-8-7-16(3,11-19)15(17)20/h5-6,9,18H,4,7-8,10-11H2,1-3H3,(H2,17,20). The van der Waals surface area contributed by atoms with Gasteiger partial charge in [0, 0.05) is 25.3 Å². The second-order valence-electron chi connectivity index (χ2n) is 6.01. The summed E-state index contributed by atoms with van der Waals surface area (Å²) in [6.45, 7) is 9.59. The molecule has 4 nitrogen and oxygen atoms in total. The number of hydrogen-bond acceptors (Lipinski definition) is 3. The van der Waals surface area contributed by atoms with Crippen molar-refractivity contribution >= 4 is 11.6 Å². The molecule has 4 heteroatoms. The molecule has 0 bridgehead atoms. The molecule has 1 atom stereocenters. The first kappa shape index (κ1) is 14.9. The van der Waals surface area contributed by atoms with Crippen molar-refractivity contribution in [3.63, 3.8) is 0 Å². The number of carbonyl (C=O) groups excluding carboxylic acids is 1. The molecule has 0 saturated carbocycles. The fourth-order valence-corrected chi connectivity index (χ4v) is 2.79. The summed E-state index contributed by atoms with van der Waals surface area (Å²) in [6.07, 6.45) is 0.830. The first-order valence-electron chi connectivity index (χ1n) is 7.31. The Morgan fingerprint density at radius 3 is 2.85 bits per heavy atom. The van der Waals surface area contributed by atoms with Crippen LogP contribution in [0.1, 0.15) is 31.4 Å². The molecule has 1 aromatic carbocycles. The summed E-state index contributed by atoms with van der Waals surface area (Å²) < 4.78 is 0. The predicted octanol–water partition coefficient (Wildman–Crippen LogP) is 1.81. The average Bonchev–Trinajstić information content (AvgIpc) is 2.80. The third kappa shape index (κ3) is 2.96. The van der Waals surface area contributed by atoms with Crippen LogP contribution in [0.3, 0.4) is 0 Å². The zero-order valence-corrected chi connectivity index (χ0v) is 12.7. The number of anilines is 1. The molecule has 3 N–H and O–H groups in total. The summed E-state index contributed by atoms with van der Waals surface area (Å²) in [7, 11) is 0. The number of rotatable bonds is 5. The predicted molar refractivity (Wildman–Crippen MR) is 82.7 cm³/mol. The van der Waals surface area contributed by atoms with E-state index < -0.39 is 5.41 Å². The van der Waals surface area contributed by atoms with Gasteiger partial charge in [-0.3, -0.25) is 4.79 Å². The summed E-state index contributed by atoms with van der Waals surface area (Å²) in [5.74, 6) is -0.194. The van der Waals surface area contributed by atoms with Crippen LogP contribution < -0.4 is 16.0 Å². The van der Waals surface area contributed by atoms with Gasteiger partial charge in [-0.05, 0) is 38.4 Å².